The second-order valence-electron chi connectivity index (χ2n) is 7.43. The van der Waals surface area contributed by atoms with Gasteiger partial charge in [0.25, 0.3) is 0 Å². The number of nitrogens with one attached hydrogen (secondary N) is 4. The van der Waals surface area contributed by atoms with Crippen LogP contribution in [0.1, 0.15) is 26.0 Å². The van der Waals surface area contributed by atoms with E-state index in [1.807, 2.05) is 0 Å². The molecule has 13 nitrogen and oxygen atoms in total. The van der Waals surface area contributed by atoms with E-state index >= 15 is 0 Å². The van der Waals surface area contributed by atoms with Crippen LogP contribution in [-0.4, -0.2) is 74.6 Å². The molecule has 0 radical (unpaired) electrons. The van der Waals surface area contributed by atoms with Gasteiger partial charge in [0.15, 0.2) is 0 Å². The predicted octanol–water partition coefficient (Wildman–Crippen LogP) is -2.72. The number of carbonyl (C=O) groups excluding carboxylic acids is 4. The van der Waals surface area contributed by atoms with Gasteiger partial charge in [-0.15, -0.1) is 0 Å². The average Bonchev–Trinajstić information content (AvgIpc) is 3.21. The number of nitrogens with two attached hydrogens (primary N) is 2. The summed E-state index contributed by atoms with van der Waals surface area (Å²) in [6.45, 7) is 3.38. The molecular weight excluding hydrogens is 442 g/mol. The molecule has 14 heteroatoms. The first kappa shape index (κ1) is 26.9. The minimum atomic E-state index is -1.56. The lowest BCUT2D eigenvalue weighted by molar-refractivity contribution is -0.143. The fourth-order valence-corrected chi connectivity index (χ4v) is 2.91. The third-order valence-corrected chi connectivity index (χ3v) is 4.78. The molecule has 0 aromatic carbocycles. The maximum atomic E-state index is 12.7. The van der Waals surface area contributed by atoms with Crippen molar-refractivity contribution >= 4 is 42.2 Å². The number of carboxylic acids is 1. The minimum absolute atomic E-state index is 0.168. The quantitative estimate of drug-likeness (QED) is 0.141. The van der Waals surface area contributed by atoms with Gasteiger partial charge in [-0.25, -0.2) is 9.78 Å². The minimum Gasteiger partial charge on any atom is -0.480 e. The van der Waals surface area contributed by atoms with Gasteiger partial charge in [-0.3, -0.25) is 19.2 Å². The van der Waals surface area contributed by atoms with Crippen LogP contribution in [0.2, 0.25) is 0 Å². The highest BCUT2D eigenvalue weighted by Gasteiger charge is 2.31. The zero-order chi connectivity index (χ0) is 24.4. The van der Waals surface area contributed by atoms with Crippen LogP contribution in [0.25, 0.3) is 0 Å². The van der Waals surface area contributed by atoms with Gasteiger partial charge in [0.05, 0.1) is 18.8 Å². The number of primary amides is 1. The number of H-pyrrole nitrogens is 1. The van der Waals surface area contributed by atoms with Crippen molar-refractivity contribution in [1.82, 2.24) is 25.9 Å². The summed E-state index contributed by atoms with van der Waals surface area (Å²) in [5.41, 5.74) is 11.5. The van der Waals surface area contributed by atoms with E-state index in [-0.39, 0.29) is 18.1 Å². The molecule has 0 aliphatic carbocycles. The van der Waals surface area contributed by atoms with E-state index in [4.69, 9.17) is 16.6 Å². The van der Waals surface area contributed by atoms with E-state index in [9.17, 15) is 24.0 Å². The van der Waals surface area contributed by atoms with E-state index in [0.717, 1.165) is 0 Å². The first-order valence-electron chi connectivity index (χ1n) is 9.72. The van der Waals surface area contributed by atoms with Crippen LogP contribution in [-0.2, 0) is 30.4 Å². The number of imidazole rings is 1. The number of hydrogen-bond donors (Lipinski definition) is 8. The predicted molar refractivity (Wildman–Crippen MR) is 116 cm³/mol. The number of carboxylic acid groups (broad SMARTS) is 1. The van der Waals surface area contributed by atoms with Gasteiger partial charge in [0.2, 0.25) is 23.6 Å². The molecule has 0 saturated carbocycles. The Morgan fingerprint density at radius 2 is 1.72 bits per heavy atom. The topological polar surface area (TPSA) is 222 Å². The second kappa shape index (κ2) is 12.7. The van der Waals surface area contributed by atoms with Gasteiger partial charge in [0, 0.05) is 24.1 Å². The smallest absolute Gasteiger partial charge is 0.326 e. The molecule has 178 valence electrons. The van der Waals surface area contributed by atoms with Crippen LogP contribution in [0.15, 0.2) is 12.5 Å². The number of hydrogen-bond acceptors (Lipinski definition) is 8. The van der Waals surface area contributed by atoms with E-state index in [0.29, 0.717) is 5.69 Å². The van der Waals surface area contributed by atoms with Crippen molar-refractivity contribution in [3.63, 3.8) is 0 Å². The Bertz CT molecular complexity index is 817. The fraction of sp³-hybridized carbons (Fsp3) is 0.556. The molecule has 1 rings (SSSR count). The van der Waals surface area contributed by atoms with E-state index in [2.05, 4.69) is 38.5 Å². The first-order valence-corrected chi connectivity index (χ1v) is 10.3. The van der Waals surface area contributed by atoms with Crippen molar-refractivity contribution < 1.29 is 29.1 Å². The van der Waals surface area contributed by atoms with Gasteiger partial charge in [-0.2, -0.15) is 12.6 Å². The number of nitrogens with zero attached hydrogens (tertiary/aromatic N) is 1. The Kier molecular flexibility index (Phi) is 10.6. The zero-order valence-corrected chi connectivity index (χ0v) is 18.6. The highest BCUT2D eigenvalue weighted by atomic mass is 32.1. The molecule has 4 unspecified atom stereocenters. The van der Waals surface area contributed by atoms with E-state index in [1.54, 1.807) is 13.8 Å². The molecule has 32 heavy (non-hydrogen) atoms. The summed E-state index contributed by atoms with van der Waals surface area (Å²) in [5, 5.41) is 16.2. The lowest BCUT2D eigenvalue weighted by Crippen LogP contribution is -2.59. The molecule has 1 heterocycles. The fourth-order valence-electron chi connectivity index (χ4n) is 2.65. The molecule has 0 aliphatic heterocycles. The van der Waals surface area contributed by atoms with Crippen LogP contribution in [0.3, 0.4) is 0 Å². The van der Waals surface area contributed by atoms with Crippen molar-refractivity contribution in [1.29, 1.82) is 0 Å². The van der Waals surface area contributed by atoms with Crippen LogP contribution in [0.4, 0.5) is 0 Å². The van der Waals surface area contributed by atoms with Crippen LogP contribution in [0.5, 0.6) is 0 Å². The number of amides is 4. The van der Waals surface area contributed by atoms with Gasteiger partial charge in [0.1, 0.15) is 18.1 Å². The van der Waals surface area contributed by atoms with Crippen molar-refractivity contribution in [3.8, 4) is 0 Å². The molecule has 0 aliphatic rings. The third-order valence-electron chi connectivity index (χ3n) is 4.41. The van der Waals surface area contributed by atoms with Crippen molar-refractivity contribution in [2.24, 2.45) is 17.4 Å². The summed E-state index contributed by atoms with van der Waals surface area (Å²) in [5.74, 6) is -5.03. The normalized spacial score (nSPS) is 14.7. The zero-order valence-electron chi connectivity index (χ0n) is 17.7. The van der Waals surface area contributed by atoms with Crippen molar-refractivity contribution in [2.45, 2.75) is 50.9 Å². The number of aliphatic carboxylic acids is 1. The molecule has 9 N–H and O–H groups in total. The summed E-state index contributed by atoms with van der Waals surface area (Å²) in [6.07, 6.45) is 2.53. The molecule has 1 aromatic rings. The van der Waals surface area contributed by atoms with Crippen LogP contribution in [0, 0.1) is 5.92 Å². The molecule has 0 spiro atoms. The van der Waals surface area contributed by atoms with E-state index < -0.39 is 60.2 Å². The molecule has 4 amide bonds. The number of aromatic amines is 1. The summed E-state index contributed by atoms with van der Waals surface area (Å²) >= 11 is 4.01. The number of rotatable bonds is 13. The second-order valence-corrected chi connectivity index (χ2v) is 7.80. The summed E-state index contributed by atoms with van der Waals surface area (Å²) in [6, 6.07) is -4.75. The Labute approximate surface area is 189 Å². The van der Waals surface area contributed by atoms with Gasteiger partial charge < -0.3 is 37.5 Å². The van der Waals surface area contributed by atoms with Crippen LogP contribution < -0.4 is 27.4 Å². The standard InChI is InChI=1S/C18H29N7O6S/c1-8(2)14(25-15(27)10(19)3-9-5-21-7-22-9)17(29)24-12(6-32)16(28)23-11(18(30)31)4-13(20)26/h5,7-8,10-12,14,32H,3-4,6,19H2,1-2H3,(H2,20,26)(H,21,22)(H,23,28)(H,24,29)(H,25,27)(H,30,31). The Balaban J connectivity index is 2.79. The summed E-state index contributed by atoms with van der Waals surface area (Å²) < 4.78 is 0. The Hall–Kier alpha value is -3.13. The summed E-state index contributed by atoms with van der Waals surface area (Å²) in [7, 11) is 0. The number of aromatic nitrogens is 2. The maximum absolute atomic E-state index is 12.7. The lowest BCUT2D eigenvalue weighted by atomic mass is 10.0. The van der Waals surface area contributed by atoms with Crippen LogP contribution >= 0.6 is 12.6 Å². The lowest BCUT2D eigenvalue weighted by Gasteiger charge is -2.26. The third kappa shape index (κ3) is 8.55. The average molecular weight is 472 g/mol. The van der Waals surface area contributed by atoms with Crippen molar-refractivity contribution in [2.75, 3.05) is 5.75 Å². The molecular formula is C18H29N7O6S. The van der Waals surface area contributed by atoms with Gasteiger partial charge in [-0.05, 0) is 5.92 Å². The number of thiol groups is 1. The first-order chi connectivity index (χ1) is 15.0. The largest absolute Gasteiger partial charge is 0.480 e. The molecule has 1 aromatic heterocycles. The molecule has 0 fully saturated rings. The highest BCUT2D eigenvalue weighted by molar-refractivity contribution is 7.80. The van der Waals surface area contributed by atoms with E-state index in [1.165, 1.54) is 12.5 Å². The molecule has 4 atom stereocenters. The summed E-state index contributed by atoms with van der Waals surface area (Å²) in [4.78, 5) is 66.5. The maximum Gasteiger partial charge on any atom is 0.326 e. The molecule has 0 saturated heterocycles. The molecule has 0 bridgehead atoms. The highest BCUT2D eigenvalue weighted by Crippen LogP contribution is 2.05. The number of carbonyl (C=O) groups is 5. The SMILES string of the molecule is CC(C)C(NC(=O)C(N)Cc1cnc[nH]1)C(=O)NC(CS)C(=O)NC(CC(N)=O)C(=O)O. The van der Waals surface area contributed by atoms with Crippen molar-refractivity contribution in [3.05, 3.63) is 18.2 Å². The van der Waals surface area contributed by atoms with Gasteiger partial charge >= 0.3 is 5.97 Å². The monoisotopic (exact) mass is 471 g/mol. The Morgan fingerprint density at radius 1 is 1.09 bits per heavy atom. The van der Waals surface area contributed by atoms with Gasteiger partial charge in [-0.1, -0.05) is 13.8 Å². The Morgan fingerprint density at radius 3 is 2.19 bits per heavy atom.